The number of H-pyrrole nitrogens is 1. The van der Waals surface area contributed by atoms with Gasteiger partial charge in [0.25, 0.3) is 5.91 Å². The number of carbonyl (C=O) groups is 1. The molecule has 1 amide bonds. The molecule has 116 valence electrons. The molecule has 1 saturated heterocycles. The van der Waals surface area contributed by atoms with E-state index in [0.29, 0.717) is 16.7 Å². The van der Waals surface area contributed by atoms with Gasteiger partial charge in [0.2, 0.25) is 0 Å². The fraction of sp³-hybridized carbons (Fsp3) is 0.375. The highest BCUT2D eigenvalue weighted by molar-refractivity contribution is 6.30. The fourth-order valence-corrected chi connectivity index (χ4v) is 2.80. The van der Waals surface area contributed by atoms with Crippen molar-refractivity contribution in [2.45, 2.75) is 18.8 Å². The Kier molecular flexibility index (Phi) is 4.63. The minimum Gasteiger partial charge on any atom is -0.484 e. The number of aromatic amines is 1. The van der Waals surface area contributed by atoms with Gasteiger partial charge >= 0.3 is 0 Å². The van der Waals surface area contributed by atoms with Crippen molar-refractivity contribution >= 4 is 17.5 Å². The normalized spacial score (nSPS) is 15.8. The van der Waals surface area contributed by atoms with Gasteiger partial charge < -0.3 is 14.6 Å². The summed E-state index contributed by atoms with van der Waals surface area (Å²) in [5, 5.41) is 0.652. The maximum absolute atomic E-state index is 12.2. The maximum Gasteiger partial charge on any atom is 0.260 e. The van der Waals surface area contributed by atoms with E-state index in [1.165, 1.54) is 0 Å². The van der Waals surface area contributed by atoms with E-state index >= 15 is 0 Å². The summed E-state index contributed by atoms with van der Waals surface area (Å²) in [6.45, 7) is 1.55. The third-order valence-electron chi connectivity index (χ3n) is 3.93. The van der Waals surface area contributed by atoms with Crippen LogP contribution in [0.5, 0.6) is 5.75 Å². The molecule has 0 saturated carbocycles. The highest BCUT2D eigenvalue weighted by atomic mass is 35.5. The number of halogens is 1. The van der Waals surface area contributed by atoms with Gasteiger partial charge in [-0.15, -0.1) is 0 Å². The molecule has 0 unspecified atom stereocenters. The van der Waals surface area contributed by atoms with Crippen molar-refractivity contribution in [1.82, 2.24) is 14.9 Å². The number of rotatable bonds is 4. The fourth-order valence-electron chi connectivity index (χ4n) is 2.67. The Morgan fingerprint density at radius 1 is 1.32 bits per heavy atom. The molecule has 1 N–H and O–H groups in total. The molecule has 2 heterocycles. The summed E-state index contributed by atoms with van der Waals surface area (Å²) < 4.78 is 5.51. The van der Waals surface area contributed by atoms with Crippen LogP contribution in [0.3, 0.4) is 0 Å². The molecule has 1 fully saturated rings. The summed E-state index contributed by atoms with van der Waals surface area (Å²) >= 11 is 5.81. The van der Waals surface area contributed by atoms with Crippen LogP contribution in [0.4, 0.5) is 0 Å². The van der Waals surface area contributed by atoms with Crippen LogP contribution < -0.4 is 4.74 Å². The molecule has 3 rings (SSSR count). The number of hydrogen-bond acceptors (Lipinski definition) is 3. The van der Waals surface area contributed by atoms with Gasteiger partial charge in [0.15, 0.2) is 6.61 Å². The van der Waals surface area contributed by atoms with Crippen molar-refractivity contribution in [2.75, 3.05) is 19.7 Å². The van der Waals surface area contributed by atoms with Crippen molar-refractivity contribution in [3.8, 4) is 5.75 Å². The molecule has 2 aromatic rings. The van der Waals surface area contributed by atoms with E-state index in [2.05, 4.69) is 9.97 Å². The molecule has 1 aromatic carbocycles. The van der Waals surface area contributed by atoms with Crippen LogP contribution in [-0.4, -0.2) is 40.5 Å². The summed E-state index contributed by atoms with van der Waals surface area (Å²) in [5.41, 5.74) is 0. The predicted molar refractivity (Wildman–Crippen MR) is 84.1 cm³/mol. The van der Waals surface area contributed by atoms with Crippen molar-refractivity contribution in [1.29, 1.82) is 0 Å². The van der Waals surface area contributed by atoms with Crippen LogP contribution in [0.15, 0.2) is 36.7 Å². The largest absolute Gasteiger partial charge is 0.484 e. The Balaban J connectivity index is 1.46. The number of ether oxygens (including phenoxy) is 1. The number of carbonyl (C=O) groups excluding carboxylic acids is 1. The molecule has 22 heavy (non-hydrogen) atoms. The molecule has 6 heteroatoms. The number of likely N-dealkylation sites (tertiary alicyclic amines) is 1. The van der Waals surface area contributed by atoms with E-state index < -0.39 is 0 Å². The molecule has 1 aliphatic heterocycles. The Hall–Kier alpha value is -2.01. The van der Waals surface area contributed by atoms with Crippen LogP contribution in [0.2, 0.25) is 5.02 Å². The van der Waals surface area contributed by atoms with Gasteiger partial charge in [-0.05, 0) is 37.1 Å². The number of nitrogens with one attached hydrogen (secondary N) is 1. The highest BCUT2D eigenvalue weighted by Crippen LogP contribution is 2.25. The molecule has 1 aliphatic rings. The third kappa shape index (κ3) is 3.60. The number of nitrogens with zero attached hydrogens (tertiary/aromatic N) is 2. The SMILES string of the molecule is O=C(COc1ccc(Cl)cc1)N1CCC(c2ncc[nH]2)CC1. The molecule has 0 atom stereocenters. The van der Waals surface area contributed by atoms with E-state index in [1.807, 2.05) is 11.1 Å². The Labute approximate surface area is 134 Å². The molecule has 0 spiro atoms. The molecule has 0 aliphatic carbocycles. The molecule has 1 aromatic heterocycles. The van der Waals surface area contributed by atoms with E-state index in [9.17, 15) is 4.79 Å². The molecular formula is C16H18ClN3O2. The summed E-state index contributed by atoms with van der Waals surface area (Å²) in [6, 6.07) is 7.02. The Morgan fingerprint density at radius 2 is 2.05 bits per heavy atom. The zero-order valence-electron chi connectivity index (χ0n) is 12.2. The zero-order chi connectivity index (χ0) is 15.4. The average Bonchev–Trinajstić information content (AvgIpc) is 3.09. The predicted octanol–water partition coefficient (Wildman–Crippen LogP) is 2.85. The smallest absolute Gasteiger partial charge is 0.260 e. The zero-order valence-corrected chi connectivity index (χ0v) is 12.9. The first kappa shape index (κ1) is 14.9. The molecular weight excluding hydrogens is 302 g/mol. The minimum atomic E-state index is 0.0212. The van der Waals surface area contributed by atoms with Gasteiger partial charge in [-0.25, -0.2) is 4.98 Å². The van der Waals surface area contributed by atoms with E-state index in [4.69, 9.17) is 16.3 Å². The lowest BCUT2D eigenvalue weighted by atomic mass is 9.96. The second kappa shape index (κ2) is 6.83. The maximum atomic E-state index is 12.2. The van der Waals surface area contributed by atoms with Gasteiger partial charge in [0.1, 0.15) is 11.6 Å². The number of amides is 1. The van der Waals surface area contributed by atoms with E-state index in [-0.39, 0.29) is 12.5 Å². The van der Waals surface area contributed by atoms with Crippen molar-refractivity contribution in [3.05, 3.63) is 47.5 Å². The van der Waals surface area contributed by atoms with Crippen molar-refractivity contribution in [3.63, 3.8) is 0 Å². The summed E-state index contributed by atoms with van der Waals surface area (Å²) in [5.74, 6) is 2.11. The standard InChI is InChI=1S/C16H18ClN3O2/c17-13-1-3-14(4-2-13)22-11-15(21)20-9-5-12(6-10-20)16-18-7-8-19-16/h1-4,7-8,12H,5-6,9-11H2,(H,18,19). The first-order valence-electron chi connectivity index (χ1n) is 7.38. The quantitative estimate of drug-likeness (QED) is 0.942. The van der Waals surface area contributed by atoms with Crippen molar-refractivity contribution in [2.24, 2.45) is 0 Å². The van der Waals surface area contributed by atoms with Crippen LogP contribution in [0, 0.1) is 0 Å². The second-order valence-electron chi connectivity index (χ2n) is 5.37. The lowest BCUT2D eigenvalue weighted by Crippen LogP contribution is -2.40. The summed E-state index contributed by atoms with van der Waals surface area (Å²) in [7, 11) is 0. The first-order valence-corrected chi connectivity index (χ1v) is 7.75. The van der Waals surface area contributed by atoms with Gasteiger partial charge in [-0.2, -0.15) is 0 Å². The lowest BCUT2D eigenvalue weighted by molar-refractivity contribution is -0.134. The number of hydrogen-bond donors (Lipinski definition) is 1. The lowest BCUT2D eigenvalue weighted by Gasteiger charge is -2.31. The monoisotopic (exact) mass is 319 g/mol. The average molecular weight is 320 g/mol. The first-order chi connectivity index (χ1) is 10.7. The van der Waals surface area contributed by atoms with Gasteiger partial charge in [-0.1, -0.05) is 11.6 Å². The van der Waals surface area contributed by atoms with Gasteiger partial charge in [0, 0.05) is 36.4 Å². The molecule has 0 bridgehead atoms. The van der Waals surface area contributed by atoms with Crippen LogP contribution in [-0.2, 0) is 4.79 Å². The van der Waals surface area contributed by atoms with E-state index in [0.717, 1.165) is 31.8 Å². The third-order valence-corrected chi connectivity index (χ3v) is 4.18. The number of aromatic nitrogens is 2. The minimum absolute atomic E-state index is 0.0212. The number of benzene rings is 1. The highest BCUT2D eigenvalue weighted by Gasteiger charge is 2.25. The second-order valence-corrected chi connectivity index (χ2v) is 5.81. The number of piperidine rings is 1. The summed E-state index contributed by atoms with van der Waals surface area (Å²) in [6.07, 6.45) is 5.47. The Bertz CT molecular complexity index is 605. The Morgan fingerprint density at radius 3 is 2.68 bits per heavy atom. The van der Waals surface area contributed by atoms with Crippen LogP contribution >= 0.6 is 11.6 Å². The van der Waals surface area contributed by atoms with Crippen LogP contribution in [0.25, 0.3) is 0 Å². The van der Waals surface area contributed by atoms with Crippen molar-refractivity contribution < 1.29 is 9.53 Å². The van der Waals surface area contributed by atoms with Gasteiger partial charge in [-0.3, -0.25) is 4.79 Å². The van der Waals surface area contributed by atoms with E-state index in [1.54, 1.807) is 30.5 Å². The molecule has 5 nitrogen and oxygen atoms in total. The number of imidazole rings is 1. The topological polar surface area (TPSA) is 58.2 Å². The van der Waals surface area contributed by atoms with Crippen LogP contribution in [0.1, 0.15) is 24.6 Å². The summed E-state index contributed by atoms with van der Waals surface area (Å²) in [4.78, 5) is 21.5. The van der Waals surface area contributed by atoms with Gasteiger partial charge in [0.05, 0.1) is 0 Å². The molecule has 0 radical (unpaired) electrons.